The van der Waals surface area contributed by atoms with Crippen LogP contribution >= 0.6 is 0 Å². The first-order valence-corrected chi connectivity index (χ1v) is 8.72. The normalized spacial score (nSPS) is 23.0. The molecule has 2 unspecified atom stereocenters. The van der Waals surface area contributed by atoms with Crippen molar-refractivity contribution in [3.8, 4) is 0 Å². The molecule has 1 aromatic heterocycles. The second kappa shape index (κ2) is 5.53. The maximum absolute atomic E-state index is 12.5. The van der Waals surface area contributed by atoms with Gasteiger partial charge in [-0.15, -0.1) is 0 Å². The Balaban J connectivity index is 1.93. The van der Waals surface area contributed by atoms with Crippen molar-refractivity contribution >= 4 is 21.1 Å². The highest BCUT2D eigenvalue weighted by Crippen LogP contribution is 2.19. The van der Waals surface area contributed by atoms with Gasteiger partial charge in [0.25, 0.3) is 0 Å². The number of aryl methyl sites for hydroxylation is 1. The van der Waals surface area contributed by atoms with Gasteiger partial charge in [0.15, 0.2) is 5.58 Å². The van der Waals surface area contributed by atoms with Crippen molar-refractivity contribution in [3.63, 3.8) is 0 Å². The number of piperidine rings is 1. The van der Waals surface area contributed by atoms with Crippen LogP contribution in [0.1, 0.15) is 19.8 Å². The van der Waals surface area contributed by atoms with Crippen LogP contribution in [0.25, 0.3) is 11.1 Å². The minimum Gasteiger partial charge on any atom is -0.408 e. The van der Waals surface area contributed by atoms with Gasteiger partial charge in [-0.25, -0.2) is 17.9 Å². The minimum absolute atomic E-state index is 0.0851. The minimum atomic E-state index is -3.65. The summed E-state index contributed by atoms with van der Waals surface area (Å²) in [5.74, 6) is -0.511. The highest BCUT2D eigenvalue weighted by Gasteiger charge is 2.27. The summed E-state index contributed by atoms with van der Waals surface area (Å²) in [5, 5.41) is 3.26. The summed E-state index contributed by atoms with van der Waals surface area (Å²) in [5.41, 5.74) is 0.835. The Bertz CT molecular complexity index is 853. The third-order valence-electron chi connectivity index (χ3n) is 4.14. The fourth-order valence-electron chi connectivity index (χ4n) is 2.75. The van der Waals surface area contributed by atoms with Gasteiger partial charge >= 0.3 is 5.76 Å². The van der Waals surface area contributed by atoms with Crippen molar-refractivity contribution in [1.82, 2.24) is 14.6 Å². The van der Waals surface area contributed by atoms with Gasteiger partial charge in [0.2, 0.25) is 10.0 Å². The molecular formula is C14H19N3O4S. The van der Waals surface area contributed by atoms with Crippen LogP contribution in [0.2, 0.25) is 0 Å². The Morgan fingerprint density at radius 3 is 2.91 bits per heavy atom. The Labute approximate surface area is 128 Å². The van der Waals surface area contributed by atoms with E-state index in [1.54, 1.807) is 13.1 Å². The van der Waals surface area contributed by atoms with Crippen molar-refractivity contribution in [2.24, 2.45) is 7.05 Å². The molecular weight excluding hydrogens is 306 g/mol. The molecule has 2 N–H and O–H groups in total. The van der Waals surface area contributed by atoms with E-state index in [1.807, 2.05) is 6.92 Å². The molecule has 2 aromatic rings. The van der Waals surface area contributed by atoms with E-state index in [0.29, 0.717) is 5.52 Å². The van der Waals surface area contributed by atoms with Crippen molar-refractivity contribution in [2.75, 3.05) is 6.54 Å². The van der Waals surface area contributed by atoms with Crippen molar-refractivity contribution in [2.45, 2.75) is 36.7 Å². The van der Waals surface area contributed by atoms with Gasteiger partial charge in [0, 0.05) is 25.2 Å². The first-order chi connectivity index (χ1) is 10.4. The molecule has 0 radical (unpaired) electrons. The molecule has 2 heterocycles. The van der Waals surface area contributed by atoms with Crippen molar-refractivity contribution in [3.05, 3.63) is 28.7 Å². The fraction of sp³-hybridized carbons (Fsp3) is 0.500. The lowest BCUT2D eigenvalue weighted by Crippen LogP contribution is -2.51. The second-order valence-corrected chi connectivity index (χ2v) is 7.38. The molecule has 1 aromatic carbocycles. The maximum atomic E-state index is 12.5. The van der Waals surface area contributed by atoms with E-state index in [4.69, 9.17) is 4.42 Å². The molecule has 1 aliphatic heterocycles. The predicted octanol–water partition coefficient (Wildman–Crippen LogP) is 0.550. The zero-order valence-corrected chi connectivity index (χ0v) is 13.3. The Morgan fingerprint density at radius 2 is 2.18 bits per heavy atom. The molecule has 8 heteroatoms. The predicted molar refractivity (Wildman–Crippen MR) is 82.3 cm³/mol. The zero-order chi connectivity index (χ0) is 15.9. The number of hydrogen-bond acceptors (Lipinski definition) is 5. The number of rotatable bonds is 3. The lowest BCUT2D eigenvalue weighted by Gasteiger charge is -2.30. The molecule has 0 amide bonds. The number of sulfonamides is 1. The van der Waals surface area contributed by atoms with Crippen LogP contribution in [0.4, 0.5) is 0 Å². The van der Waals surface area contributed by atoms with E-state index in [-0.39, 0.29) is 22.6 Å². The number of hydrogen-bond donors (Lipinski definition) is 2. The fourth-order valence-corrected chi connectivity index (χ4v) is 4.12. The van der Waals surface area contributed by atoms with Crippen molar-refractivity contribution < 1.29 is 12.8 Å². The van der Waals surface area contributed by atoms with Crippen LogP contribution in [-0.2, 0) is 17.1 Å². The smallest absolute Gasteiger partial charge is 0.408 e. The van der Waals surface area contributed by atoms with E-state index in [2.05, 4.69) is 10.0 Å². The number of benzene rings is 1. The third-order valence-corrected chi connectivity index (χ3v) is 5.63. The Hall–Kier alpha value is -1.64. The standard InChI is InChI=1S/C14H19N3O4S/c1-9-11(4-3-7-15-9)16-22(19,20)10-5-6-12-13(8-10)21-14(18)17(12)2/h5-6,8-9,11,15-16H,3-4,7H2,1-2H3. The molecule has 0 saturated carbocycles. The number of oxazole rings is 1. The Kier molecular flexibility index (Phi) is 3.84. The summed E-state index contributed by atoms with van der Waals surface area (Å²) in [6.45, 7) is 2.87. The van der Waals surface area contributed by atoms with E-state index >= 15 is 0 Å². The molecule has 1 fully saturated rings. The third kappa shape index (κ3) is 2.69. The summed E-state index contributed by atoms with van der Waals surface area (Å²) >= 11 is 0. The Morgan fingerprint density at radius 1 is 1.41 bits per heavy atom. The summed E-state index contributed by atoms with van der Waals surface area (Å²) in [7, 11) is -2.07. The summed E-state index contributed by atoms with van der Waals surface area (Å²) in [6, 6.07) is 4.40. The SMILES string of the molecule is CC1NCCCC1NS(=O)(=O)c1ccc2c(c1)oc(=O)n2C. The molecule has 0 spiro atoms. The number of fused-ring (bicyclic) bond motifs is 1. The molecule has 7 nitrogen and oxygen atoms in total. The maximum Gasteiger partial charge on any atom is 0.419 e. The molecule has 0 bridgehead atoms. The molecule has 0 aliphatic carbocycles. The van der Waals surface area contributed by atoms with Gasteiger partial charge in [-0.1, -0.05) is 0 Å². The van der Waals surface area contributed by atoms with Gasteiger partial charge in [-0.3, -0.25) is 4.57 Å². The zero-order valence-electron chi connectivity index (χ0n) is 12.5. The largest absolute Gasteiger partial charge is 0.419 e. The summed E-state index contributed by atoms with van der Waals surface area (Å²) < 4.78 is 34.2. The van der Waals surface area contributed by atoms with Crippen LogP contribution in [-0.4, -0.2) is 31.6 Å². The van der Waals surface area contributed by atoms with Crippen LogP contribution in [0, 0.1) is 0 Å². The van der Waals surface area contributed by atoms with Crippen molar-refractivity contribution in [1.29, 1.82) is 0 Å². The molecule has 3 rings (SSSR count). The van der Waals surface area contributed by atoms with E-state index in [1.165, 1.54) is 16.7 Å². The van der Waals surface area contributed by atoms with E-state index < -0.39 is 15.8 Å². The van der Waals surface area contributed by atoms with E-state index in [9.17, 15) is 13.2 Å². The topological polar surface area (TPSA) is 93.3 Å². The molecule has 2 atom stereocenters. The number of nitrogens with one attached hydrogen (secondary N) is 2. The first kappa shape index (κ1) is 15.3. The highest BCUT2D eigenvalue weighted by molar-refractivity contribution is 7.89. The highest BCUT2D eigenvalue weighted by atomic mass is 32.2. The van der Waals surface area contributed by atoms with Crippen LogP contribution in [0.15, 0.2) is 32.3 Å². The monoisotopic (exact) mass is 325 g/mol. The summed E-state index contributed by atoms with van der Waals surface area (Å²) in [6.07, 6.45) is 1.74. The van der Waals surface area contributed by atoms with Gasteiger partial charge < -0.3 is 9.73 Å². The quantitative estimate of drug-likeness (QED) is 0.859. The molecule has 1 saturated heterocycles. The van der Waals surface area contributed by atoms with Gasteiger partial charge in [-0.2, -0.15) is 0 Å². The number of aromatic nitrogens is 1. The van der Waals surface area contributed by atoms with E-state index in [0.717, 1.165) is 19.4 Å². The van der Waals surface area contributed by atoms with Crippen LogP contribution in [0.3, 0.4) is 0 Å². The van der Waals surface area contributed by atoms with Crippen LogP contribution < -0.4 is 15.8 Å². The summed E-state index contributed by atoms with van der Waals surface area (Å²) in [4.78, 5) is 11.6. The lowest BCUT2D eigenvalue weighted by atomic mass is 10.0. The molecule has 22 heavy (non-hydrogen) atoms. The lowest BCUT2D eigenvalue weighted by molar-refractivity contribution is 0.349. The molecule has 120 valence electrons. The van der Waals surface area contributed by atoms with Gasteiger partial charge in [0.05, 0.1) is 10.4 Å². The second-order valence-electron chi connectivity index (χ2n) is 5.67. The average Bonchev–Trinajstić information content (AvgIpc) is 2.76. The molecule has 1 aliphatic rings. The van der Waals surface area contributed by atoms with Gasteiger partial charge in [0.1, 0.15) is 0 Å². The first-order valence-electron chi connectivity index (χ1n) is 7.24. The number of nitrogens with zero attached hydrogens (tertiary/aromatic N) is 1. The average molecular weight is 325 g/mol. The van der Waals surface area contributed by atoms with Gasteiger partial charge in [-0.05, 0) is 38.4 Å². The van der Waals surface area contributed by atoms with Crippen LogP contribution in [0.5, 0.6) is 0 Å².